The lowest BCUT2D eigenvalue weighted by atomic mass is 10.2. The summed E-state index contributed by atoms with van der Waals surface area (Å²) in [5.74, 6) is 0.511. The zero-order valence-electron chi connectivity index (χ0n) is 16.5. The Kier molecular flexibility index (Phi) is 6.25. The summed E-state index contributed by atoms with van der Waals surface area (Å²) in [6.07, 6.45) is 0. The summed E-state index contributed by atoms with van der Waals surface area (Å²) in [4.78, 5) is 30.4. The van der Waals surface area contributed by atoms with Gasteiger partial charge in [-0.05, 0) is 48.5 Å². The molecular formula is C23H18ClN3O3S. The van der Waals surface area contributed by atoms with Crippen molar-refractivity contribution in [2.75, 3.05) is 18.2 Å². The van der Waals surface area contributed by atoms with Crippen LogP contribution in [0.2, 0.25) is 5.02 Å². The normalized spacial score (nSPS) is 10.8. The highest BCUT2D eigenvalue weighted by molar-refractivity contribution is 7.99. The number of halogens is 1. The zero-order chi connectivity index (χ0) is 21.8. The molecule has 0 radical (unpaired) electrons. The van der Waals surface area contributed by atoms with Gasteiger partial charge in [0.05, 0.1) is 29.5 Å². The van der Waals surface area contributed by atoms with Crippen molar-refractivity contribution in [1.82, 2.24) is 9.55 Å². The minimum atomic E-state index is -0.219. The Morgan fingerprint density at radius 1 is 1.10 bits per heavy atom. The number of carbonyl (C=O) groups is 1. The summed E-state index contributed by atoms with van der Waals surface area (Å²) in [6.45, 7) is 0. The van der Waals surface area contributed by atoms with Gasteiger partial charge in [0.25, 0.3) is 5.56 Å². The predicted molar refractivity (Wildman–Crippen MR) is 125 cm³/mol. The molecule has 6 nitrogen and oxygen atoms in total. The lowest BCUT2D eigenvalue weighted by molar-refractivity contribution is -0.113. The van der Waals surface area contributed by atoms with Crippen LogP contribution in [0.1, 0.15) is 0 Å². The second kappa shape index (κ2) is 9.24. The van der Waals surface area contributed by atoms with Crippen molar-refractivity contribution in [3.63, 3.8) is 0 Å². The van der Waals surface area contributed by atoms with Crippen LogP contribution in [0.4, 0.5) is 5.69 Å². The molecule has 1 N–H and O–H groups in total. The molecule has 4 aromatic rings. The number of ether oxygens (including phenoxy) is 1. The van der Waals surface area contributed by atoms with Gasteiger partial charge in [-0.15, -0.1) is 0 Å². The van der Waals surface area contributed by atoms with Crippen molar-refractivity contribution < 1.29 is 9.53 Å². The van der Waals surface area contributed by atoms with Crippen molar-refractivity contribution >= 4 is 45.9 Å². The summed E-state index contributed by atoms with van der Waals surface area (Å²) >= 11 is 7.19. The first-order valence-electron chi connectivity index (χ1n) is 9.39. The van der Waals surface area contributed by atoms with E-state index in [4.69, 9.17) is 16.3 Å². The van der Waals surface area contributed by atoms with E-state index in [1.807, 2.05) is 6.07 Å². The molecular weight excluding hydrogens is 434 g/mol. The van der Waals surface area contributed by atoms with Gasteiger partial charge in [-0.3, -0.25) is 14.2 Å². The average Bonchev–Trinajstić information content (AvgIpc) is 2.79. The van der Waals surface area contributed by atoms with Crippen LogP contribution in [0.3, 0.4) is 0 Å². The van der Waals surface area contributed by atoms with E-state index in [2.05, 4.69) is 10.3 Å². The number of amides is 1. The maximum absolute atomic E-state index is 13.2. The van der Waals surface area contributed by atoms with E-state index in [0.29, 0.717) is 38.2 Å². The largest absolute Gasteiger partial charge is 0.497 e. The second-order valence-corrected chi connectivity index (χ2v) is 7.98. The van der Waals surface area contributed by atoms with E-state index in [1.54, 1.807) is 73.8 Å². The van der Waals surface area contributed by atoms with Crippen LogP contribution in [0.25, 0.3) is 16.6 Å². The molecule has 4 rings (SSSR count). The predicted octanol–water partition coefficient (Wildman–Crippen LogP) is 4.78. The monoisotopic (exact) mass is 451 g/mol. The van der Waals surface area contributed by atoms with Crippen molar-refractivity contribution in [3.8, 4) is 11.4 Å². The van der Waals surface area contributed by atoms with E-state index < -0.39 is 0 Å². The van der Waals surface area contributed by atoms with Gasteiger partial charge < -0.3 is 10.1 Å². The molecule has 0 aliphatic rings. The Morgan fingerprint density at radius 3 is 2.65 bits per heavy atom. The molecule has 0 unspecified atom stereocenters. The minimum absolute atomic E-state index is 0.0789. The molecule has 1 aromatic heterocycles. The molecule has 31 heavy (non-hydrogen) atoms. The van der Waals surface area contributed by atoms with E-state index >= 15 is 0 Å². The summed E-state index contributed by atoms with van der Waals surface area (Å²) in [6, 6.07) is 21.2. The van der Waals surface area contributed by atoms with E-state index in [0.717, 1.165) is 0 Å². The lowest BCUT2D eigenvalue weighted by Crippen LogP contribution is -2.23. The molecule has 0 saturated heterocycles. The van der Waals surface area contributed by atoms with Crippen LogP contribution < -0.4 is 15.6 Å². The number of anilines is 1. The molecule has 0 spiro atoms. The van der Waals surface area contributed by atoms with Gasteiger partial charge in [0.2, 0.25) is 5.91 Å². The summed E-state index contributed by atoms with van der Waals surface area (Å²) in [5, 5.41) is 4.33. The second-order valence-electron chi connectivity index (χ2n) is 6.60. The third-order valence-corrected chi connectivity index (χ3v) is 5.71. The smallest absolute Gasteiger partial charge is 0.266 e. The first-order chi connectivity index (χ1) is 15.0. The first kappa shape index (κ1) is 21.0. The Hall–Kier alpha value is -3.29. The fourth-order valence-electron chi connectivity index (χ4n) is 3.06. The van der Waals surface area contributed by atoms with Gasteiger partial charge in [-0.25, -0.2) is 4.98 Å². The van der Waals surface area contributed by atoms with Crippen molar-refractivity contribution in [2.24, 2.45) is 0 Å². The van der Waals surface area contributed by atoms with E-state index in [1.165, 1.54) is 16.3 Å². The maximum atomic E-state index is 13.2. The summed E-state index contributed by atoms with van der Waals surface area (Å²) in [5.41, 5.74) is 1.63. The highest BCUT2D eigenvalue weighted by Crippen LogP contribution is 2.23. The van der Waals surface area contributed by atoms with Gasteiger partial charge in [-0.1, -0.05) is 41.6 Å². The molecule has 1 heterocycles. The van der Waals surface area contributed by atoms with Crippen LogP contribution >= 0.6 is 23.4 Å². The number of nitrogens with zero attached hydrogens (tertiary/aromatic N) is 2. The molecule has 0 atom stereocenters. The topological polar surface area (TPSA) is 73.2 Å². The number of rotatable bonds is 6. The first-order valence-corrected chi connectivity index (χ1v) is 10.8. The van der Waals surface area contributed by atoms with Gasteiger partial charge in [0.15, 0.2) is 5.16 Å². The SMILES string of the molecule is COc1cccc(NC(=O)CSc2nc3ccccc3c(=O)n2-c2ccc(Cl)cc2)c1. The van der Waals surface area contributed by atoms with Crippen LogP contribution in [-0.2, 0) is 4.79 Å². The van der Waals surface area contributed by atoms with E-state index in [9.17, 15) is 9.59 Å². The van der Waals surface area contributed by atoms with Crippen molar-refractivity contribution in [3.05, 3.63) is 88.2 Å². The van der Waals surface area contributed by atoms with E-state index in [-0.39, 0.29) is 17.2 Å². The minimum Gasteiger partial charge on any atom is -0.497 e. The van der Waals surface area contributed by atoms with Gasteiger partial charge in [0.1, 0.15) is 5.75 Å². The molecule has 0 aliphatic carbocycles. The number of thioether (sulfide) groups is 1. The highest BCUT2D eigenvalue weighted by atomic mass is 35.5. The summed E-state index contributed by atoms with van der Waals surface area (Å²) < 4.78 is 6.68. The Balaban J connectivity index is 1.64. The number of carbonyl (C=O) groups excluding carboxylic acids is 1. The standard InChI is InChI=1S/C23H18ClN3O3S/c1-30-18-6-4-5-16(13-18)25-21(28)14-31-23-26-20-8-3-2-7-19(20)22(29)27(23)17-11-9-15(24)10-12-17/h2-13H,14H2,1H3,(H,25,28). The van der Waals surface area contributed by atoms with Crippen molar-refractivity contribution in [2.45, 2.75) is 5.16 Å². The number of hydrogen-bond donors (Lipinski definition) is 1. The summed E-state index contributed by atoms with van der Waals surface area (Å²) in [7, 11) is 1.57. The highest BCUT2D eigenvalue weighted by Gasteiger charge is 2.15. The number of nitrogens with one attached hydrogen (secondary N) is 1. The van der Waals surface area contributed by atoms with Gasteiger partial charge in [-0.2, -0.15) is 0 Å². The molecule has 0 fully saturated rings. The number of para-hydroxylation sites is 1. The Labute approximate surface area is 187 Å². The maximum Gasteiger partial charge on any atom is 0.266 e. The third kappa shape index (κ3) is 4.73. The Morgan fingerprint density at radius 2 is 1.87 bits per heavy atom. The van der Waals surface area contributed by atoms with Gasteiger partial charge >= 0.3 is 0 Å². The number of hydrogen-bond acceptors (Lipinski definition) is 5. The van der Waals surface area contributed by atoms with Crippen LogP contribution in [0.5, 0.6) is 5.75 Å². The molecule has 1 amide bonds. The molecule has 156 valence electrons. The van der Waals surface area contributed by atoms with Crippen LogP contribution in [0, 0.1) is 0 Å². The number of benzene rings is 3. The molecule has 3 aromatic carbocycles. The molecule has 0 saturated carbocycles. The zero-order valence-corrected chi connectivity index (χ0v) is 18.1. The third-order valence-electron chi connectivity index (χ3n) is 4.52. The van der Waals surface area contributed by atoms with Crippen molar-refractivity contribution in [1.29, 1.82) is 0 Å². The molecule has 0 aliphatic heterocycles. The number of aromatic nitrogens is 2. The fourth-order valence-corrected chi connectivity index (χ4v) is 3.99. The quantitative estimate of drug-likeness (QED) is 0.337. The average molecular weight is 452 g/mol. The van der Waals surface area contributed by atoms with Crippen LogP contribution in [-0.4, -0.2) is 28.3 Å². The van der Waals surface area contributed by atoms with Gasteiger partial charge in [0, 0.05) is 16.8 Å². The number of fused-ring (bicyclic) bond motifs is 1. The molecule has 0 bridgehead atoms. The molecule has 8 heteroatoms. The van der Waals surface area contributed by atoms with Crippen LogP contribution in [0.15, 0.2) is 82.7 Å². The number of methoxy groups -OCH3 is 1. The Bertz CT molecular complexity index is 1310. The lowest BCUT2D eigenvalue weighted by Gasteiger charge is -2.13. The fraction of sp³-hybridized carbons (Fsp3) is 0.0870.